The van der Waals surface area contributed by atoms with Gasteiger partial charge in [0.25, 0.3) is 0 Å². The number of likely N-dealkylation sites (tertiary alicyclic amines) is 1. The molecule has 74 valence electrons. The van der Waals surface area contributed by atoms with E-state index in [2.05, 4.69) is 11.8 Å². The van der Waals surface area contributed by atoms with Gasteiger partial charge in [-0.15, -0.1) is 0 Å². The van der Waals surface area contributed by atoms with Gasteiger partial charge in [-0.05, 0) is 37.6 Å². The summed E-state index contributed by atoms with van der Waals surface area (Å²) in [6.45, 7) is 4.42. The molecule has 1 atom stereocenters. The third kappa shape index (κ3) is 1.85. The maximum atomic E-state index is 11.1. The molecule has 0 aromatic carbocycles. The molecule has 0 bridgehead atoms. The minimum atomic E-state index is -0.137. The second kappa shape index (κ2) is 2.98. The summed E-state index contributed by atoms with van der Waals surface area (Å²) in [5, 5.41) is 0. The predicted octanol–water partition coefficient (Wildman–Crippen LogP) is 0.736. The molecule has 2 fully saturated rings. The van der Waals surface area contributed by atoms with Crippen molar-refractivity contribution < 1.29 is 4.79 Å². The van der Waals surface area contributed by atoms with Gasteiger partial charge in [0.15, 0.2) is 0 Å². The molecule has 3 heteroatoms. The first kappa shape index (κ1) is 9.00. The van der Waals surface area contributed by atoms with Crippen molar-refractivity contribution in [2.75, 3.05) is 13.1 Å². The van der Waals surface area contributed by atoms with E-state index in [4.69, 9.17) is 5.73 Å². The second-order valence-corrected chi connectivity index (χ2v) is 4.84. The standard InChI is InChI=1S/C10H18N2O/c1-10(4-5-10)7-12-6-2-3-8(12)9(11)13/h8H,2-7H2,1H3,(H2,11,13). The summed E-state index contributed by atoms with van der Waals surface area (Å²) < 4.78 is 0. The fourth-order valence-corrected chi connectivity index (χ4v) is 2.20. The maximum absolute atomic E-state index is 11.1. The lowest BCUT2D eigenvalue weighted by Crippen LogP contribution is -2.42. The van der Waals surface area contributed by atoms with Gasteiger partial charge in [0, 0.05) is 6.54 Å². The van der Waals surface area contributed by atoms with E-state index >= 15 is 0 Å². The minimum absolute atomic E-state index is 0.0254. The lowest BCUT2D eigenvalue weighted by atomic mass is 10.1. The Kier molecular flexibility index (Phi) is 2.06. The molecule has 1 aliphatic carbocycles. The smallest absolute Gasteiger partial charge is 0.234 e. The van der Waals surface area contributed by atoms with Crippen LogP contribution in [0.4, 0.5) is 0 Å². The monoisotopic (exact) mass is 182 g/mol. The minimum Gasteiger partial charge on any atom is -0.368 e. The molecule has 1 saturated carbocycles. The SMILES string of the molecule is CC1(CN2CCCC2C(N)=O)CC1. The molecule has 0 aromatic rings. The summed E-state index contributed by atoms with van der Waals surface area (Å²) in [6, 6.07) is 0.0254. The molecule has 0 radical (unpaired) electrons. The first-order valence-electron chi connectivity index (χ1n) is 5.14. The van der Waals surface area contributed by atoms with Gasteiger partial charge in [-0.2, -0.15) is 0 Å². The van der Waals surface area contributed by atoms with Gasteiger partial charge in [-0.3, -0.25) is 9.69 Å². The van der Waals surface area contributed by atoms with E-state index in [0.717, 1.165) is 25.9 Å². The van der Waals surface area contributed by atoms with E-state index in [0.29, 0.717) is 5.41 Å². The highest BCUT2D eigenvalue weighted by Gasteiger charge is 2.42. The molecule has 1 amide bonds. The zero-order valence-corrected chi connectivity index (χ0v) is 8.25. The van der Waals surface area contributed by atoms with Crippen LogP contribution in [0.1, 0.15) is 32.6 Å². The zero-order valence-electron chi connectivity index (χ0n) is 8.25. The number of amides is 1. The van der Waals surface area contributed by atoms with E-state index in [-0.39, 0.29) is 11.9 Å². The number of primary amides is 1. The molecule has 1 unspecified atom stereocenters. The van der Waals surface area contributed by atoms with Crippen molar-refractivity contribution in [3.63, 3.8) is 0 Å². The Balaban J connectivity index is 1.93. The van der Waals surface area contributed by atoms with E-state index in [1.54, 1.807) is 0 Å². The molecule has 3 nitrogen and oxygen atoms in total. The average molecular weight is 182 g/mol. The van der Waals surface area contributed by atoms with Crippen molar-refractivity contribution >= 4 is 5.91 Å². The fourth-order valence-electron chi connectivity index (χ4n) is 2.20. The molecule has 13 heavy (non-hydrogen) atoms. The third-order valence-corrected chi connectivity index (χ3v) is 3.38. The van der Waals surface area contributed by atoms with E-state index in [9.17, 15) is 4.79 Å². The lowest BCUT2D eigenvalue weighted by molar-refractivity contribution is -0.122. The van der Waals surface area contributed by atoms with E-state index in [1.807, 2.05) is 0 Å². The number of nitrogens with two attached hydrogens (primary N) is 1. The second-order valence-electron chi connectivity index (χ2n) is 4.84. The number of carbonyl (C=O) groups is 1. The normalized spacial score (nSPS) is 31.9. The molecule has 1 saturated heterocycles. The molecule has 0 spiro atoms. The van der Waals surface area contributed by atoms with Crippen LogP contribution in [0.15, 0.2) is 0 Å². The van der Waals surface area contributed by atoms with Crippen molar-refractivity contribution in [3.05, 3.63) is 0 Å². The van der Waals surface area contributed by atoms with Crippen molar-refractivity contribution in [3.8, 4) is 0 Å². The van der Waals surface area contributed by atoms with Crippen LogP contribution < -0.4 is 5.73 Å². The van der Waals surface area contributed by atoms with Gasteiger partial charge in [0.05, 0.1) is 6.04 Å². The summed E-state index contributed by atoms with van der Waals surface area (Å²) in [5.74, 6) is -0.137. The van der Waals surface area contributed by atoms with Crippen LogP contribution in [0.25, 0.3) is 0 Å². The van der Waals surface area contributed by atoms with Crippen molar-refractivity contribution in [2.45, 2.75) is 38.6 Å². The van der Waals surface area contributed by atoms with Crippen LogP contribution in [0.3, 0.4) is 0 Å². The number of carbonyl (C=O) groups excluding carboxylic acids is 1. The Bertz CT molecular complexity index is 223. The zero-order chi connectivity index (χ0) is 9.47. The molecule has 0 aromatic heterocycles. The lowest BCUT2D eigenvalue weighted by Gasteiger charge is -2.24. The van der Waals surface area contributed by atoms with Gasteiger partial charge in [-0.25, -0.2) is 0 Å². The van der Waals surface area contributed by atoms with Crippen molar-refractivity contribution in [1.29, 1.82) is 0 Å². The van der Waals surface area contributed by atoms with Gasteiger partial charge in [0.1, 0.15) is 0 Å². The van der Waals surface area contributed by atoms with Gasteiger partial charge < -0.3 is 5.73 Å². The Morgan fingerprint density at radius 1 is 1.62 bits per heavy atom. The molecule has 1 aliphatic heterocycles. The fraction of sp³-hybridized carbons (Fsp3) is 0.900. The average Bonchev–Trinajstić information content (AvgIpc) is 2.63. The van der Waals surface area contributed by atoms with Gasteiger partial charge in [0.2, 0.25) is 5.91 Å². The van der Waals surface area contributed by atoms with E-state index < -0.39 is 0 Å². The van der Waals surface area contributed by atoms with Crippen LogP contribution in [-0.4, -0.2) is 29.9 Å². The summed E-state index contributed by atoms with van der Waals surface area (Å²) >= 11 is 0. The topological polar surface area (TPSA) is 46.3 Å². The first-order valence-corrected chi connectivity index (χ1v) is 5.14. The maximum Gasteiger partial charge on any atom is 0.234 e. The number of rotatable bonds is 3. The Morgan fingerprint density at radius 2 is 2.31 bits per heavy atom. The summed E-state index contributed by atoms with van der Waals surface area (Å²) in [7, 11) is 0. The van der Waals surface area contributed by atoms with Gasteiger partial charge in [-0.1, -0.05) is 6.92 Å². The predicted molar refractivity (Wildman–Crippen MR) is 51.1 cm³/mol. The first-order chi connectivity index (χ1) is 6.11. The van der Waals surface area contributed by atoms with Gasteiger partial charge >= 0.3 is 0 Å². The highest BCUT2D eigenvalue weighted by atomic mass is 16.1. The van der Waals surface area contributed by atoms with Crippen LogP contribution in [0, 0.1) is 5.41 Å². The quantitative estimate of drug-likeness (QED) is 0.699. The molecular formula is C10H18N2O. The molecule has 1 heterocycles. The molecule has 2 rings (SSSR count). The van der Waals surface area contributed by atoms with Crippen LogP contribution in [0.5, 0.6) is 0 Å². The van der Waals surface area contributed by atoms with Crippen LogP contribution in [0.2, 0.25) is 0 Å². The third-order valence-electron chi connectivity index (χ3n) is 3.38. The largest absolute Gasteiger partial charge is 0.368 e. The highest BCUT2D eigenvalue weighted by Crippen LogP contribution is 2.46. The number of hydrogen-bond acceptors (Lipinski definition) is 2. The summed E-state index contributed by atoms with van der Waals surface area (Å²) in [6.07, 6.45) is 4.72. The highest BCUT2D eigenvalue weighted by molar-refractivity contribution is 5.80. The summed E-state index contributed by atoms with van der Waals surface area (Å²) in [5.41, 5.74) is 5.84. The van der Waals surface area contributed by atoms with Crippen molar-refractivity contribution in [1.82, 2.24) is 4.90 Å². The molecule has 2 N–H and O–H groups in total. The molecular weight excluding hydrogens is 164 g/mol. The van der Waals surface area contributed by atoms with Crippen LogP contribution >= 0.6 is 0 Å². The Labute approximate surface area is 79.3 Å². The molecule has 2 aliphatic rings. The number of nitrogens with zero attached hydrogens (tertiary/aromatic N) is 1. The van der Waals surface area contributed by atoms with E-state index in [1.165, 1.54) is 12.8 Å². The Hall–Kier alpha value is -0.570. The Morgan fingerprint density at radius 3 is 2.85 bits per heavy atom. The summed E-state index contributed by atoms with van der Waals surface area (Å²) in [4.78, 5) is 13.4. The van der Waals surface area contributed by atoms with Crippen LogP contribution in [-0.2, 0) is 4.79 Å². The van der Waals surface area contributed by atoms with Crippen molar-refractivity contribution in [2.24, 2.45) is 11.1 Å². The number of hydrogen-bond donors (Lipinski definition) is 1.